The van der Waals surface area contributed by atoms with Crippen molar-refractivity contribution in [2.75, 3.05) is 11.5 Å². The first kappa shape index (κ1) is 7.85. The summed E-state index contributed by atoms with van der Waals surface area (Å²) in [6.07, 6.45) is 0.405. The molecule has 0 radical (unpaired) electrons. The zero-order chi connectivity index (χ0) is 7.84. The molecule has 2 fully saturated rings. The Hall–Kier alpha value is 0.220. The highest BCUT2D eigenvalue weighted by Crippen LogP contribution is 2.24. The summed E-state index contributed by atoms with van der Waals surface area (Å²) in [5, 5.41) is 0. The first-order chi connectivity index (χ1) is 5.25. The lowest BCUT2D eigenvalue weighted by atomic mass is 10.2. The van der Waals surface area contributed by atoms with E-state index >= 15 is 0 Å². The van der Waals surface area contributed by atoms with Gasteiger partial charge < -0.3 is 0 Å². The maximum atomic E-state index is 11.0. The Morgan fingerprint density at radius 2 is 1.91 bits per heavy atom. The summed E-state index contributed by atoms with van der Waals surface area (Å²) < 4.78 is 31.5. The fourth-order valence-electron chi connectivity index (χ4n) is 1.23. The van der Waals surface area contributed by atoms with Crippen LogP contribution >= 0.6 is 0 Å². The number of rotatable bonds is 0. The summed E-state index contributed by atoms with van der Waals surface area (Å²) in [6.45, 7) is 0. The molecule has 64 valence electrons. The van der Waals surface area contributed by atoms with E-state index in [1.165, 1.54) is 0 Å². The Morgan fingerprint density at radius 1 is 1.18 bits per heavy atom. The van der Waals surface area contributed by atoms with E-state index in [-0.39, 0.29) is 12.2 Å². The van der Waals surface area contributed by atoms with Crippen LogP contribution in [0.3, 0.4) is 0 Å². The highest BCUT2D eigenvalue weighted by Gasteiger charge is 2.39. The fourth-order valence-corrected chi connectivity index (χ4v) is 3.49. The minimum atomic E-state index is -1.59. The molecule has 0 bridgehead atoms. The molecule has 2 heterocycles. The number of hydrogen-bond acceptors (Lipinski definition) is 4. The van der Waals surface area contributed by atoms with Gasteiger partial charge in [-0.2, -0.15) is 4.21 Å². The molecule has 11 heavy (non-hydrogen) atoms. The van der Waals surface area contributed by atoms with Crippen molar-refractivity contribution in [3.05, 3.63) is 0 Å². The van der Waals surface area contributed by atoms with Crippen LogP contribution in [0.25, 0.3) is 0 Å². The maximum Gasteiger partial charge on any atom is 0.305 e. The number of fused-ring (bicyclic) bond motifs is 1. The molecule has 0 N–H and O–H groups in total. The topological polar surface area (TPSA) is 52.6 Å². The van der Waals surface area contributed by atoms with E-state index in [2.05, 4.69) is 0 Å². The van der Waals surface area contributed by atoms with Gasteiger partial charge in [-0.1, -0.05) is 0 Å². The average molecular weight is 196 g/mol. The van der Waals surface area contributed by atoms with Gasteiger partial charge in [0.05, 0.1) is 5.75 Å². The van der Waals surface area contributed by atoms with Crippen LogP contribution < -0.4 is 0 Å². The third-order valence-electron chi connectivity index (χ3n) is 1.80. The Kier molecular flexibility index (Phi) is 2.09. The molecule has 4 nitrogen and oxygen atoms in total. The molecule has 0 saturated carbocycles. The quantitative estimate of drug-likeness (QED) is 0.524. The van der Waals surface area contributed by atoms with E-state index in [1.807, 2.05) is 0 Å². The molecule has 2 aliphatic rings. The van der Waals surface area contributed by atoms with Crippen LogP contribution in [0.4, 0.5) is 0 Å². The Bertz CT molecular complexity index is 215. The minimum absolute atomic E-state index is 0.0893. The van der Waals surface area contributed by atoms with Crippen LogP contribution in [0, 0.1) is 0 Å². The Morgan fingerprint density at radius 3 is 2.73 bits per heavy atom. The summed E-state index contributed by atoms with van der Waals surface area (Å²) in [7, 11) is -0.805. The van der Waals surface area contributed by atoms with Gasteiger partial charge in [0, 0.05) is 16.6 Å². The first-order valence-electron chi connectivity index (χ1n) is 3.37. The van der Waals surface area contributed by atoms with E-state index in [1.54, 1.807) is 0 Å². The van der Waals surface area contributed by atoms with Gasteiger partial charge in [0.2, 0.25) is 0 Å². The molecule has 0 aromatic carbocycles. The number of hydrogen-bond donors (Lipinski definition) is 0. The zero-order valence-corrected chi connectivity index (χ0v) is 7.36. The maximum absolute atomic E-state index is 11.0. The molecule has 0 aliphatic carbocycles. The predicted octanol–water partition coefficient (Wildman–Crippen LogP) is -0.499. The third-order valence-corrected chi connectivity index (χ3v) is 4.00. The minimum Gasteiger partial charge on any atom is -0.262 e. The van der Waals surface area contributed by atoms with Gasteiger partial charge in [-0.25, -0.2) is 0 Å². The van der Waals surface area contributed by atoms with Crippen molar-refractivity contribution in [1.29, 1.82) is 0 Å². The molecule has 0 aromatic rings. The molecule has 2 aliphatic heterocycles. The van der Waals surface area contributed by atoms with Crippen molar-refractivity contribution in [3.8, 4) is 0 Å². The molecule has 4 unspecified atom stereocenters. The second-order valence-electron chi connectivity index (χ2n) is 2.57. The van der Waals surface area contributed by atoms with E-state index in [0.29, 0.717) is 17.9 Å². The Labute approximate surface area is 69.6 Å². The van der Waals surface area contributed by atoms with Crippen molar-refractivity contribution in [2.24, 2.45) is 0 Å². The lowest BCUT2D eigenvalue weighted by molar-refractivity contribution is 0.165. The molecular weight excluding hydrogens is 188 g/mol. The van der Waals surface area contributed by atoms with Crippen molar-refractivity contribution < 1.29 is 16.8 Å². The second kappa shape index (κ2) is 2.93. The van der Waals surface area contributed by atoms with Gasteiger partial charge in [-0.05, 0) is 6.42 Å². The van der Waals surface area contributed by atoms with Crippen LogP contribution in [-0.2, 0) is 30.5 Å². The van der Waals surface area contributed by atoms with Crippen LogP contribution in [0.2, 0.25) is 0 Å². The first-order valence-corrected chi connectivity index (χ1v) is 5.85. The lowest BCUT2D eigenvalue weighted by Gasteiger charge is -2.19. The second-order valence-corrected chi connectivity index (χ2v) is 4.99. The summed E-state index contributed by atoms with van der Waals surface area (Å²) in [5.74, 6) is 1.11. The van der Waals surface area contributed by atoms with E-state index < -0.39 is 22.2 Å². The molecule has 4 atom stereocenters. The predicted molar refractivity (Wildman–Crippen MR) is 40.4 cm³/mol. The van der Waals surface area contributed by atoms with E-state index in [9.17, 15) is 8.42 Å². The highest BCUT2D eigenvalue weighted by atomic mass is 32.2. The SMILES string of the molecule is O=S1CCC2OS(=O)OC2C1. The highest BCUT2D eigenvalue weighted by molar-refractivity contribution is 7.85. The van der Waals surface area contributed by atoms with Crippen molar-refractivity contribution in [2.45, 2.75) is 18.6 Å². The van der Waals surface area contributed by atoms with Gasteiger partial charge in [0.25, 0.3) is 0 Å². The summed E-state index contributed by atoms with van der Waals surface area (Å²) in [6, 6.07) is 0. The van der Waals surface area contributed by atoms with Crippen LogP contribution in [0.5, 0.6) is 0 Å². The molecule has 0 amide bonds. The van der Waals surface area contributed by atoms with Crippen molar-refractivity contribution >= 4 is 22.2 Å². The van der Waals surface area contributed by atoms with Gasteiger partial charge in [-0.3, -0.25) is 12.6 Å². The van der Waals surface area contributed by atoms with Crippen molar-refractivity contribution in [1.82, 2.24) is 0 Å². The van der Waals surface area contributed by atoms with Crippen LogP contribution in [0.15, 0.2) is 0 Å². The van der Waals surface area contributed by atoms with Gasteiger partial charge in [-0.15, -0.1) is 0 Å². The standard InChI is InChI=1S/C5H8O4S2/c6-10-2-1-4-5(3-10)9-11(7)8-4/h4-5H,1-3H2. The summed E-state index contributed by atoms with van der Waals surface area (Å²) >= 11 is -1.59. The summed E-state index contributed by atoms with van der Waals surface area (Å²) in [5.41, 5.74) is 0. The van der Waals surface area contributed by atoms with Gasteiger partial charge in [0.1, 0.15) is 12.2 Å². The molecule has 0 spiro atoms. The Balaban J connectivity index is 2.08. The fraction of sp³-hybridized carbons (Fsp3) is 1.00. The molecule has 2 rings (SSSR count). The molecule has 2 saturated heterocycles. The van der Waals surface area contributed by atoms with Crippen LogP contribution in [-0.4, -0.2) is 32.1 Å². The summed E-state index contributed by atoms with van der Waals surface area (Å²) in [4.78, 5) is 0. The van der Waals surface area contributed by atoms with E-state index in [4.69, 9.17) is 8.37 Å². The molecular formula is C5H8O4S2. The third kappa shape index (κ3) is 1.53. The zero-order valence-electron chi connectivity index (χ0n) is 5.73. The smallest absolute Gasteiger partial charge is 0.262 e. The van der Waals surface area contributed by atoms with Gasteiger partial charge in [0.15, 0.2) is 0 Å². The molecule has 6 heteroatoms. The average Bonchev–Trinajstić information content (AvgIpc) is 2.27. The van der Waals surface area contributed by atoms with E-state index in [0.717, 1.165) is 0 Å². The molecule has 0 aromatic heterocycles. The van der Waals surface area contributed by atoms with Crippen molar-refractivity contribution in [3.63, 3.8) is 0 Å². The largest absolute Gasteiger partial charge is 0.305 e. The van der Waals surface area contributed by atoms with Crippen LogP contribution in [0.1, 0.15) is 6.42 Å². The lowest BCUT2D eigenvalue weighted by Crippen LogP contribution is -2.35. The monoisotopic (exact) mass is 196 g/mol. The normalized spacial score (nSPS) is 50.5. The van der Waals surface area contributed by atoms with Gasteiger partial charge >= 0.3 is 11.4 Å².